The van der Waals surface area contributed by atoms with Gasteiger partial charge in [-0.2, -0.15) is 0 Å². The number of rotatable bonds is 11. The Morgan fingerprint density at radius 2 is 1.13 bits per heavy atom. The zero-order chi connectivity index (χ0) is 48.5. The predicted molar refractivity (Wildman–Crippen MR) is 235 cm³/mol. The van der Waals surface area contributed by atoms with E-state index in [9.17, 15) is 45.3 Å². The van der Waals surface area contributed by atoms with Crippen LogP contribution in [0.3, 0.4) is 0 Å². The summed E-state index contributed by atoms with van der Waals surface area (Å²) in [6.07, 6.45) is -9.68. The highest BCUT2D eigenvalue weighted by Gasteiger charge is 2.54. The van der Waals surface area contributed by atoms with Crippen molar-refractivity contribution in [1.82, 2.24) is 9.80 Å². The fourth-order valence-electron chi connectivity index (χ4n) is 11.0. The van der Waals surface area contributed by atoms with Gasteiger partial charge in [0.05, 0.1) is 65.0 Å². The number of carbonyl (C=O) groups excluding carboxylic acids is 2. The number of nitrogens with zero attached hydrogens (tertiary/aromatic N) is 2. The van der Waals surface area contributed by atoms with E-state index in [1.807, 2.05) is 58.8 Å². The van der Waals surface area contributed by atoms with Crippen LogP contribution in [-0.4, -0.2) is 183 Å². The molecule has 372 valence electrons. The van der Waals surface area contributed by atoms with Gasteiger partial charge in [0.25, 0.3) is 0 Å². The molecule has 67 heavy (non-hydrogen) atoms. The highest BCUT2D eigenvalue weighted by atomic mass is 16.7. The Balaban J connectivity index is 0.965. The van der Waals surface area contributed by atoms with Crippen LogP contribution in [0.1, 0.15) is 135 Å². The maximum absolute atomic E-state index is 13.9. The fraction of sp³-hybridized carbons (Fsp3) is 0.708. The Hall–Kier alpha value is -3.38. The molecule has 0 aromatic heterocycles. The number of aliphatic hydroxyl groups excluding tert-OH is 3. The van der Waals surface area contributed by atoms with Gasteiger partial charge in [0.2, 0.25) is 5.78 Å². The quantitative estimate of drug-likeness (QED) is 0.136. The normalized spacial score (nSPS) is 40.1. The van der Waals surface area contributed by atoms with Crippen molar-refractivity contribution >= 4 is 11.6 Å². The topological polar surface area (TPSA) is 256 Å². The molecule has 4 aliphatic heterocycles. The summed E-state index contributed by atoms with van der Waals surface area (Å²) in [7, 11) is 7.67. The van der Waals surface area contributed by atoms with Crippen molar-refractivity contribution in [2.24, 2.45) is 0 Å². The van der Waals surface area contributed by atoms with E-state index >= 15 is 0 Å². The van der Waals surface area contributed by atoms with Crippen molar-refractivity contribution in [3.05, 3.63) is 51.6 Å². The third kappa shape index (κ3) is 9.26. The molecule has 2 aliphatic carbocycles. The molecule has 0 bridgehead atoms. The van der Waals surface area contributed by atoms with Gasteiger partial charge in [-0.15, -0.1) is 0 Å². The van der Waals surface area contributed by atoms with Gasteiger partial charge in [0.15, 0.2) is 30.9 Å². The highest BCUT2D eigenvalue weighted by Crippen LogP contribution is 2.57. The number of hydrogen-bond donors (Lipinski definition) is 7. The minimum atomic E-state index is -1.83. The molecule has 6 aliphatic rings. The molecule has 18 unspecified atom stereocenters. The van der Waals surface area contributed by atoms with Crippen LogP contribution in [0.2, 0.25) is 0 Å². The second-order valence-electron chi connectivity index (χ2n) is 19.7. The summed E-state index contributed by atoms with van der Waals surface area (Å²) in [5.74, 6) is -3.71. The molecular weight excluding hydrogens is 877 g/mol. The molecule has 2 aromatic rings. The van der Waals surface area contributed by atoms with Crippen molar-refractivity contribution in [1.29, 1.82) is 0 Å². The first-order valence-corrected chi connectivity index (χ1v) is 23.5. The summed E-state index contributed by atoms with van der Waals surface area (Å²) < 4.78 is 51.2. The first kappa shape index (κ1) is 50.0. The number of ether oxygens (including phenoxy) is 8. The average molecular weight is 945 g/mol. The number of phenolic OH excluding ortho intramolecular Hbond substituents is 3. The molecule has 4 heterocycles. The van der Waals surface area contributed by atoms with E-state index in [2.05, 4.69) is 0 Å². The third-order valence-corrected chi connectivity index (χ3v) is 14.8. The third-order valence-electron chi connectivity index (χ3n) is 14.8. The Kier molecular flexibility index (Phi) is 14.5. The lowest BCUT2D eigenvalue weighted by molar-refractivity contribution is -0.337. The molecule has 19 heteroatoms. The number of likely N-dealkylation sites (N-methyl/N-ethyl adjacent to an activating group) is 2. The van der Waals surface area contributed by atoms with E-state index in [1.54, 1.807) is 13.8 Å². The molecule has 8 rings (SSSR count). The van der Waals surface area contributed by atoms with Crippen LogP contribution in [-0.2, 0) is 37.9 Å². The molecule has 18 atom stereocenters. The zero-order valence-corrected chi connectivity index (χ0v) is 39.6. The molecule has 2 aromatic carbocycles. The number of aliphatic hydroxyl groups is 4. The number of aromatic hydroxyl groups is 3. The van der Waals surface area contributed by atoms with Gasteiger partial charge >= 0.3 is 0 Å². The largest absolute Gasteiger partial charge is 0.507 e. The summed E-state index contributed by atoms with van der Waals surface area (Å²) in [4.78, 5) is 31.7. The number of carbonyl (C=O) groups is 2. The SMILES string of the molecule is CCC1(O)CC(O)c2c(O)c3c(c(O)c2C1OC1CC(N(C)C)C(OC2CC(N(C)C)C(OC4CC(O)C(OC5CCC(O)C(C)O5)C(C)O4)C(C)O2)C(C)O1)C(=O)c1cccc(O)c1C3=O. The highest BCUT2D eigenvalue weighted by molar-refractivity contribution is 6.31. The van der Waals surface area contributed by atoms with E-state index in [0.717, 1.165) is 0 Å². The summed E-state index contributed by atoms with van der Waals surface area (Å²) in [6.45, 7) is 9.02. The first-order chi connectivity index (χ1) is 31.6. The van der Waals surface area contributed by atoms with Crippen molar-refractivity contribution in [2.75, 3.05) is 28.2 Å². The standard InChI is InChI=1S/C48H68N2O17/c1-10-48(59)19-30(54)36-39(43(58)37-38(42(36)57)41(56)35-24(40(37)55)12-11-13-28(35)52)47(48)67-33-17-26(50(8)9)44(22(4)62-33)65-32-16-25(49(6)7)45(21(3)61-32)66-34-18-29(53)46(23(5)63-34)64-31-15-14-27(51)20(2)60-31/h11-13,20-23,25-27,29-34,44-47,51-54,57-59H,10,14-19H2,1-9H3. The van der Waals surface area contributed by atoms with Crippen molar-refractivity contribution in [2.45, 2.75) is 190 Å². The van der Waals surface area contributed by atoms with Crippen LogP contribution in [0.5, 0.6) is 17.2 Å². The monoisotopic (exact) mass is 944 g/mol. The van der Waals surface area contributed by atoms with Crippen LogP contribution in [0, 0.1) is 0 Å². The Bertz CT molecular complexity index is 2140. The minimum Gasteiger partial charge on any atom is -0.507 e. The Morgan fingerprint density at radius 3 is 1.69 bits per heavy atom. The zero-order valence-electron chi connectivity index (χ0n) is 39.6. The molecule has 7 N–H and O–H groups in total. The number of ketones is 2. The van der Waals surface area contributed by atoms with Gasteiger partial charge in [-0.25, -0.2) is 0 Å². The van der Waals surface area contributed by atoms with Gasteiger partial charge < -0.3 is 83.4 Å². The summed E-state index contributed by atoms with van der Waals surface area (Å²) in [5.41, 5.74) is -3.93. The van der Waals surface area contributed by atoms with Gasteiger partial charge in [-0.3, -0.25) is 9.59 Å². The fourth-order valence-corrected chi connectivity index (χ4v) is 11.0. The predicted octanol–water partition coefficient (Wildman–Crippen LogP) is 2.88. The second-order valence-corrected chi connectivity index (χ2v) is 19.7. The van der Waals surface area contributed by atoms with Crippen LogP contribution in [0.25, 0.3) is 0 Å². The lowest BCUT2D eigenvalue weighted by atomic mass is 9.70. The van der Waals surface area contributed by atoms with E-state index in [1.165, 1.54) is 18.2 Å². The Morgan fingerprint density at radius 1 is 0.627 bits per heavy atom. The van der Waals surface area contributed by atoms with E-state index in [0.29, 0.717) is 19.3 Å². The first-order valence-electron chi connectivity index (χ1n) is 23.5. The van der Waals surface area contributed by atoms with Gasteiger partial charge in [-0.05, 0) is 74.8 Å². The summed E-state index contributed by atoms with van der Waals surface area (Å²) in [5, 5.41) is 79.0. The number of hydrogen-bond acceptors (Lipinski definition) is 19. The molecule has 4 saturated heterocycles. The summed E-state index contributed by atoms with van der Waals surface area (Å²) >= 11 is 0. The summed E-state index contributed by atoms with van der Waals surface area (Å²) in [6, 6.07) is 3.40. The molecule has 0 spiro atoms. The average Bonchev–Trinajstić information content (AvgIpc) is 3.26. The van der Waals surface area contributed by atoms with Crippen molar-refractivity contribution < 1.29 is 83.2 Å². The number of phenols is 3. The smallest absolute Gasteiger partial charge is 0.202 e. The Labute approximate surface area is 390 Å². The van der Waals surface area contributed by atoms with Crippen LogP contribution >= 0.6 is 0 Å². The van der Waals surface area contributed by atoms with Crippen LogP contribution in [0.15, 0.2) is 18.2 Å². The number of fused-ring (bicyclic) bond motifs is 3. The molecule has 0 amide bonds. The molecule has 0 radical (unpaired) electrons. The van der Waals surface area contributed by atoms with E-state index in [-0.39, 0.29) is 66.1 Å². The maximum atomic E-state index is 13.9. The van der Waals surface area contributed by atoms with Crippen molar-refractivity contribution in [3.63, 3.8) is 0 Å². The lowest BCUT2D eigenvalue weighted by Crippen LogP contribution is -2.60. The van der Waals surface area contributed by atoms with Gasteiger partial charge in [-0.1, -0.05) is 19.1 Å². The molecule has 0 saturated carbocycles. The van der Waals surface area contributed by atoms with Crippen molar-refractivity contribution in [3.8, 4) is 17.2 Å². The number of benzene rings is 2. The molecular formula is C48H68N2O17. The van der Waals surface area contributed by atoms with Gasteiger partial charge in [0.1, 0.15) is 41.7 Å². The molecule has 19 nitrogen and oxygen atoms in total. The minimum absolute atomic E-state index is 0.0260. The lowest BCUT2D eigenvalue weighted by Gasteiger charge is -2.50. The van der Waals surface area contributed by atoms with Crippen LogP contribution in [0.4, 0.5) is 0 Å². The van der Waals surface area contributed by atoms with E-state index < -0.39 is 132 Å². The van der Waals surface area contributed by atoms with E-state index in [4.69, 9.17) is 37.9 Å². The second kappa shape index (κ2) is 19.4. The van der Waals surface area contributed by atoms with Crippen LogP contribution < -0.4 is 0 Å². The van der Waals surface area contributed by atoms with Gasteiger partial charge in [0, 0.05) is 60.9 Å². The molecule has 4 fully saturated rings. The maximum Gasteiger partial charge on any atom is 0.202 e.